The molecule has 1 atom stereocenters. The maximum absolute atomic E-state index is 12.0. The number of nitrogens with zero attached hydrogens (tertiary/aromatic N) is 1. The zero-order chi connectivity index (χ0) is 15.2. The number of amides is 2. The molecule has 0 aliphatic carbocycles. The average Bonchev–Trinajstić information content (AvgIpc) is 2.48. The van der Waals surface area contributed by atoms with Crippen LogP contribution in [0.4, 0.5) is 0 Å². The van der Waals surface area contributed by atoms with Crippen LogP contribution in [0.1, 0.15) is 25.3 Å². The second kappa shape index (κ2) is 7.11. The summed E-state index contributed by atoms with van der Waals surface area (Å²) < 4.78 is 0. The van der Waals surface area contributed by atoms with Gasteiger partial charge in [0.05, 0.1) is 0 Å². The van der Waals surface area contributed by atoms with Crippen molar-refractivity contribution >= 4 is 11.8 Å². The third kappa shape index (κ3) is 4.48. The van der Waals surface area contributed by atoms with Crippen LogP contribution >= 0.6 is 0 Å². The fraction of sp³-hybridized carbons (Fsp3) is 0.500. The van der Waals surface area contributed by atoms with Gasteiger partial charge >= 0.3 is 11.8 Å². The molecule has 1 aromatic carbocycles. The molecule has 21 heavy (non-hydrogen) atoms. The van der Waals surface area contributed by atoms with Gasteiger partial charge in [-0.2, -0.15) is 0 Å². The van der Waals surface area contributed by atoms with Gasteiger partial charge in [-0.05, 0) is 42.9 Å². The minimum absolute atomic E-state index is 0.220. The van der Waals surface area contributed by atoms with E-state index in [9.17, 15) is 14.7 Å². The molecule has 0 saturated carbocycles. The van der Waals surface area contributed by atoms with E-state index in [1.807, 2.05) is 0 Å². The highest BCUT2D eigenvalue weighted by Crippen LogP contribution is 2.15. The summed E-state index contributed by atoms with van der Waals surface area (Å²) in [6.07, 6.45) is 2.72. The quantitative estimate of drug-likeness (QED) is 0.825. The van der Waals surface area contributed by atoms with Crippen LogP contribution in [0.5, 0.6) is 5.75 Å². The zero-order valence-corrected chi connectivity index (χ0v) is 12.3. The molecule has 114 valence electrons. The number of hydrogen-bond donors (Lipinski definition) is 2. The summed E-state index contributed by atoms with van der Waals surface area (Å²) in [6.45, 7) is 3.86. The molecule has 5 heteroatoms. The summed E-state index contributed by atoms with van der Waals surface area (Å²) >= 11 is 0. The molecule has 1 aromatic rings. The predicted molar refractivity (Wildman–Crippen MR) is 79.8 cm³/mol. The maximum Gasteiger partial charge on any atom is 0.311 e. The van der Waals surface area contributed by atoms with Gasteiger partial charge in [0.1, 0.15) is 5.75 Å². The van der Waals surface area contributed by atoms with Gasteiger partial charge in [-0.3, -0.25) is 9.59 Å². The Labute approximate surface area is 125 Å². The number of piperidine rings is 1. The molecule has 1 fully saturated rings. The van der Waals surface area contributed by atoms with Gasteiger partial charge < -0.3 is 15.3 Å². The normalized spacial score (nSPS) is 18.3. The fourth-order valence-corrected chi connectivity index (χ4v) is 2.58. The Morgan fingerprint density at radius 3 is 2.71 bits per heavy atom. The number of benzene rings is 1. The van der Waals surface area contributed by atoms with E-state index in [4.69, 9.17) is 0 Å². The van der Waals surface area contributed by atoms with Crippen LogP contribution in [0.25, 0.3) is 0 Å². The average molecular weight is 290 g/mol. The van der Waals surface area contributed by atoms with Crippen LogP contribution in [0.15, 0.2) is 24.3 Å². The third-order valence-corrected chi connectivity index (χ3v) is 3.77. The van der Waals surface area contributed by atoms with Gasteiger partial charge in [0, 0.05) is 19.6 Å². The first-order chi connectivity index (χ1) is 10.1. The summed E-state index contributed by atoms with van der Waals surface area (Å²) in [5.74, 6) is -0.264. The van der Waals surface area contributed by atoms with Crippen molar-refractivity contribution in [2.24, 2.45) is 5.92 Å². The standard InChI is InChI=1S/C16H22N2O3/c1-12-3-2-10-18(11-12)16(21)15(20)17-9-8-13-4-6-14(19)7-5-13/h4-7,12,19H,2-3,8-11H2,1H3,(H,17,20). The summed E-state index contributed by atoms with van der Waals surface area (Å²) in [4.78, 5) is 25.5. The molecule has 0 aromatic heterocycles. The smallest absolute Gasteiger partial charge is 0.311 e. The van der Waals surface area contributed by atoms with Crippen molar-refractivity contribution in [1.82, 2.24) is 10.2 Å². The van der Waals surface area contributed by atoms with Gasteiger partial charge in [0.25, 0.3) is 0 Å². The summed E-state index contributed by atoms with van der Waals surface area (Å²) in [5.41, 5.74) is 1.01. The molecule has 1 aliphatic rings. The van der Waals surface area contributed by atoms with E-state index >= 15 is 0 Å². The van der Waals surface area contributed by atoms with Gasteiger partial charge in [0.15, 0.2) is 0 Å². The molecular formula is C16H22N2O3. The molecule has 0 spiro atoms. The van der Waals surface area contributed by atoms with Crippen molar-refractivity contribution in [3.63, 3.8) is 0 Å². The molecule has 2 rings (SSSR count). The lowest BCUT2D eigenvalue weighted by atomic mass is 10.0. The van der Waals surface area contributed by atoms with Crippen LogP contribution in [-0.4, -0.2) is 41.5 Å². The maximum atomic E-state index is 12.0. The van der Waals surface area contributed by atoms with Crippen molar-refractivity contribution in [3.8, 4) is 5.75 Å². The SMILES string of the molecule is CC1CCCN(C(=O)C(=O)NCCc2ccc(O)cc2)C1. The molecule has 1 heterocycles. The molecule has 2 amide bonds. The Hall–Kier alpha value is -2.04. The van der Waals surface area contributed by atoms with Crippen molar-refractivity contribution < 1.29 is 14.7 Å². The minimum atomic E-state index is -0.525. The topological polar surface area (TPSA) is 69.6 Å². The number of carbonyl (C=O) groups excluding carboxylic acids is 2. The molecule has 5 nitrogen and oxygen atoms in total. The summed E-state index contributed by atoms with van der Waals surface area (Å²) in [5, 5.41) is 11.9. The van der Waals surface area contributed by atoms with Gasteiger partial charge in [-0.25, -0.2) is 0 Å². The number of rotatable bonds is 3. The zero-order valence-electron chi connectivity index (χ0n) is 12.3. The molecule has 0 bridgehead atoms. The predicted octanol–water partition coefficient (Wildman–Crippen LogP) is 1.31. The van der Waals surface area contributed by atoms with E-state index in [-0.39, 0.29) is 5.75 Å². The Balaban J connectivity index is 1.76. The number of likely N-dealkylation sites (tertiary alicyclic amines) is 1. The van der Waals surface area contributed by atoms with Crippen molar-refractivity contribution in [1.29, 1.82) is 0 Å². The number of phenolic OH excluding ortho intramolecular Hbond substituents is 1. The Morgan fingerprint density at radius 2 is 2.05 bits per heavy atom. The first kappa shape index (κ1) is 15.4. The largest absolute Gasteiger partial charge is 0.508 e. The lowest BCUT2D eigenvalue weighted by Gasteiger charge is -2.30. The second-order valence-electron chi connectivity index (χ2n) is 5.67. The number of phenols is 1. The Morgan fingerprint density at radius 1 is 1.33 bits per heavy atom. The first-order valence-corrected chi connectivity index (χ1v) is 7.41. The molecule has 0 radical (unpaired) electrons. The van der Waals surface area contributed by atoms with Crippen molar-refractivity contribution in [3.05, 3.63) is 29.8 Å². The molecule has 2 N–H and O–H groups in total. The Bertz CT molecular complexity index is 499. The van der Waals surface area contributed by atoms with Crippen LogP contribution in [0, 0.1) is 5.92 Å². The van der Waals surface area contributed by atoms with E-state index in [0.29, 0.717) is 32.0 Å². The van der Waals surface area contributed by atoms with Crippen molar-refractivity contribution in [2.75, 3.05) is 19.6 Å². The summed E-state index contributed by atoms with van der Waals surface area (Å²) in [7, 11) is 0. The lowest BCUT2D eigenvalue weighted by Crippen LogP contribution is -2.47. The van der Waals surface area contributed by atoms with Crippen LogP contribution in [0.2, 0.25) is 0 Å². The highest BCUT2D eigenvalue weighted by Gasteiger charge is 2.25. The monoisotopic (exact) mass is 290 g/mol. The van der Waals surface area contributed by atoms with Crippen LogP contribution < -0.4 is 5.32 Å². The number of carbonyl (C=O) groups is 2. The fourth-order valence-electron chi connectivity index (χ4n) is 2.58. The third-order valence-electron chi connectivity index (χ3n) is 3.77. The van der Waals surface area contributed by atoms with Gasteiger partial charge in [-0.1, -0.05) is 19.1 Å². The Kier molecular flexibility index (Phi) is 5.20. The number of nitrogens with one attached hydrogen (secondary N) is 1. The van der Waals surface area contributed by atoms with E-state index in [1.54, 1.807) is 29.2 Å². The molecular weight excluding hydrogens is 268 g/mol. The lowest BCUT2D eigenvalue weighted by molar-refractivity contribution is -0.146. The molecule has 1 saturated heterocycles. The highest BCUT2D eigenvalue weighted by molar-refractivity contribution is 6.35. The number of hydrogen-bond acceptors (Lipinski definition) is 3. The van der Waals surface area contributed by atoms with E-state index in [0.717, 1.165) is 18.4 Å². The molecule has 1 unspecified atom stereocenters. The highest BCUT2D eigenvalue weighted by atomic mass is 16.3. The van der Waals surface area contributed by atoms with E-state index < -0.39 is 11.8 Å². The van der Waals surface area contributed by atoms with Crippen LogP contribution in [0.3, 0.4) is 0 Å². The first-order valence-electron chi connectivity index (χ1n) is 7.41. The van der Waals surface area contributed by atoms with E-state index in [1.165, 1.54) is 0 Å². The number of aromatic hydroxyl groups is 1. The van der Waals surface area contributed by atoms with Gasteiger partial charge in [-0.15, -0.1) is 0 Å². The van der Waals surface area contributed by atoms with Gasteiger partial charge in [0.2, 0.25) is 0 Å². The second-order valence-corrected chi connectivity index (χ2v) is 5.67. The minimum Gasteiger partial charge on any atom is -0.508 e. The summed E-state index contributed by atoms with van der Waals surface area (Å²) in [6, 6.07) is 6.82. The van der Waals surface area contributed by atoms with Crippen molar-refractivity contribution in [2.45, 2.75) is 26.2 Å². The van der Waals surface area contributed by atoms with Crippen LogP contribution in [-0.2, 0) is 16.0 Å². The van der Waals surface area contributed by atoms with E-state index in [2.05, 4.69) is 12.2 Å². The molecule has 1 aliphatic heterocycles.